The predicted octanol–water partition coefficient (Wildman–Crippen LogP) is 2.94. The van der Waals surface area contributed by atoms with E-state index < -0.39 is 0 Å². The molecular formula is C7H12Cl2O. The molecule has 60 valence electrons. The van der Waals surface area contributed by atoms with Crippen LogP contribution in [0.5, 0.6) is 0 Å². The molecule has 0 radical (unpaired) electrons. The van der Waals surface area contributed by atoms with Crippen LogP contribution in [0, 0.1) is 0 Å². The van der Waals surface area contributed by atoms with Crippen LogP contribution in [-0.2, 0) is 4.79 Å². The minimum Gasteiger partial charge on any atom is -0.300 e. The Morgan fingerprint density at radius 3 is 2.40 bits per heavy atom. The summed E-state index contributed by atoms with van der Waals surface area (Å²) in [6.45, 7) is 1.98. The number of alkyl halides is 2. The van der Waals surface area contributed by atoms with Gasteiger partial charge in [-0.15, -0.1) is 23.2 Å². The number of ketones is 1. The molecule has 10 heavy (non-hydrogen) atoms. The second-order valence-corrected chi connectivity index (χ2v) is 3.50. The van der Waals surface area contributed by atoms with E-state index in [4.69, 9.17) is 23.2 Å². The van der Waals surface area contributed by atoms with Crippen LogP contribution < -0.4 is 0 Å². The van der Waals surface area contributed by atoms with Crippen molar-refractivity contribution in [2.45, 2.75) is 37.4 Å². The largest absolute Gasteiger partial charge is 0.300 e. The Labute approximate surface area is 71.7 Å². The molecule has 0 aliphatic heterocycles. The standard InChI is InChI=1S/C7H12Cl2O/c1-2-3-6(10)4-5-7(8)9/h7H,2-5H2,1H3. The average Bonchev–Trinajstić information content (AvgIpc) is 1.85. The van der Waals surface area contributed by atoms with Gasteiger partial charge in [-0.05, 0) is 12.8 Å². The van der Waals surface area contributed by atoms with Crippen LogP contribution in [0.15, 0.2) is 0 Å². The van der Waals surface area contributed by atoms with Gasteiger partial charge in [-0.25, -0.2) is 0 Å². The molecule has 0 heterocycles. The smallest absolute Gasteiger partial charge is 0.132 e. The lowest BCUT2D eigenvalue weighted by atomic mass is 10.1. The van der Waals surface area contributed by atoms with E-state index in [-0.39, 0.29) is 10.6 Å². The molecule has 0 saturated heterocycles. The highest BCUT2D eigenvalue weighted by molar-refractivity contribution is 6.44. The van der Waals surface area contributed by atoms with E-state index in [1.54, 1.807) is 0 Å². The first kappa shape index (κ1) is 10.2. The lowest BCUT2D eigenvalue weighted by molar-refractivity contribution is -0.119. The van der Waals surface area contributed by atoms with Crippen molar-refractivity contribution in [1.82, 2.24) is 0 Å². The van der Waals surface area contributed by atoms with Crippen molar-refractivity contribution in [1.29, 1.82) is 0 Å². The molecule has 0 amide bonds. The highest BCUT2D eigenvalue weighted by Crippen LogP contribution is 2.10. The SMILES string of the molecule is CCCC(=O)CCC(Cl)Cl. The van der Waals surface area contributed by atoms with Gasteiger partial charge in [0, 0.05) is 12.8 Å². The third kappa shape index (κ3) is 6.37. The first-order chi connectivity index (χ1) is 4.66. The number of carbonyl (C=O) groups excluding carboxylic acids is 1. The van der Waals surface area contributed by atoms with Gasteiger partial charge in [0.15, 0.2) is 0 Å². The summed E-state index contributed by atoms with van der Waals surface area (Å²) in [7, 11) is 0. The zero-order valence-corrected chi connectivity index (χ0v) is 7.58. The van der Waals surface area contributed by atoms with Gasteiger partial charge >= 0.3 is 0 Å². The van der Waals surface area contributed by atoms with E-state index in [1.165, 1.54) is 0 Å². The summed E-state index contributed by atoms with van der Waals surface area (Å²) < 4.78 is 0. The molecule has 0 aromatic rings. The van der Waals surface area contributed by atoms with Crippen molar-refractivity contribution in [2.24, 2.45) is 0 Å². The van der Waals surface area contributed by atoms with Crippen LogP contribution >= 0.6 is 23.2 Å². The van der Waals surface area contributed by atoms with E-state index in [0.717, 1.165) is 6.42 Å². The summed E-state index contributed by atoms with van der Waals surface area (Å²) in [5, 5.41) is 0. The van der Waals surface area contributed by atoms with Gasteiger partial charge in [0.05, 0.1) is 0 Å². The molecule has 0 N–H and O–H groups in total. The maximum absolute atomic E-state index is 10.8. The molecule has 1 nitrogen and oxygen atoms in total. The first-order valence-corrected chi connectivity index (χ1v) is 4.34. The van der Waals surface area contributed by atoms with Gasteiger partial charge < -0.3 is 0 Å². The zero-order valence-electron chi connectivity index (χ0n) is 6.07. The molecule has 0 bridgehead atoms. The van der Waals surface area contributed by atoms with Crippen LogP contribution in [0.1, 0.15) is 32.6 Å². The lowest BCUT2D eigenvalue weighted by Crippen LogP contribution is -1.99. The molecule has 0 fully saturated rings. The number of rotatable bonds is 5. The highest BCUT2D eigenvalue weighted by Gasteiger charge is 2.03. The number of hydrogen-bond donors (Lipinski definition) is 0. The Morgan fingerprint density at radius 1 is 1.40 bits per heavy atom. The van der Waals surface area contributed by atoms with Crippen molar-refractivity contribution in [2.75, 3.05) is 0 Å². The van der Waals surface area contributed by atoms with E-state index in [2.05, 4.69) is 0 Å². The molecule has 0 aliphatic carbocycles. The van der Waals surface area contributed by atoms with Gasteiger partial charge in [-0.1, -0.05) is 6.92 Å². The van der Waals surface area contributed by atoms with Gasteiger partial charge in [0.25, 0.3) is 0 Å². The molecule has 0 spiro atoms. The molecular weight excluding hydrogens is 171 g/mol. The second kappa shape index (κ2) is 5.99. The third-order valence-electron chi connectivity index (χ3n) is 1.17. The van der Waals surface area contributed by atoms with Crippen LogP contribution in [0.25, 0.3) is 0 Å². The number of hydrogen-bond acceptors (Lipinski definition) is 1. The Balaban J connectivity index is 3.22. The zero-order chi connectivity index (χ0) is 7.98. The molecule has 0 atom stereocenters. The summed E-state index contributed by atoms with van der Waals surface area (Å²) in [5.41, 5.74) is 0. The van der Waals surface area contributed by atoms with E-state index in [9.17, 15) is 4.79 Å². The number of Topliss-reactive ketones (excluding diaryl/α,β-unsaturated/α-hetero) is 1. The van der Waals surface area contributed by atoms with Crippen LogP contribution in [0.2, 0.25) is 0 Å². The maximum Gasteiger partial charge on any atom is 0.132 e. The van der Waals surface area contributed by atoms with Gasteiger partial charge in [0.2, 0.25) is 0 Å². The summed E-state index contributed by atoms with van der Waals surface area (Å²) in [5.74, 6) is 0.258. The fraction of sp³-hybridized carbons (Fsp3) is 0.857. The van der Waals surface area contributed by atoms with Crippen LogP contribution in [0.3, 0.4) is 0 Å². The van der Waals surface area contributed by atoms with Crippen molar-refractivity contribution < 1.29 is 4.79 Å². The topological polar surface area (TPSA) is 17.1 Å². The van der Waals surface area contributed by atoms with Gasteiger partial charge in [-0.2, -0.15) is 0 Å². The predicted molar refractivity (Wildman–Crippen MR) is 44.6 cm³/mol. The van der Waals surface area contributed by atoms with Crippen molar-refractivity contribution in [3.05, 3.63) is 0 Å². The van der Waals surface area contributed by atoms with Gasteiger partial charge in [-0.3, -0.25) is 4.79 Å². The van der Waals surface area contributed by atoms with Crippen LogP contribution in [-0.4, -0.2) is 10.6 Å². The second-order valence-electron chi connectivity index (χ2n) is 2.22. The Bertz CT molecular complexity index is 102. The summed E-state index contributed by atoms with van der Waals surface area (Å²) in [6.07, 6.45) is 2.67. The third-order valence-corrected chi connectivity index (χ3v) is 1.61. The van der Waals surface area contributed by atoms with Crippen LogP contribution in [0.4, 0.5) is 0 Å². The van der Waals surface area contributed by atoms with Crippen molar-refractivity contribution in [3.8, 4) is 0 Å². The normalized spacial score (nSPS) is 10.4. The van der Waals surface area contributed by atoms with E-state index in [1.807, 2.05) is 6.92 Å². The first-order valence-electron chi connectivity index (χ1n) is 3.46. The fourth-order valence-corrected chi connectivity index (χ4v) is 0.892. The highest BCUT2D eigenvalue weighted by atomic mass is 35.5. The summed E-state index contributed by atoms with van der Waals surface area (Å²) >= 11 is 10.9. The Kier molecular flexibility index (Phi) is 6.14. The molecule has 0 unspecified atom stereocenters. The molecule has 0 aliphatic rings. The number of halogens is 2. The van der Waals surface area contributed by atoms with E-state index in [0.29, 0.717) is 19.3 Å². The molecule has 0 aromatic carbocycles. The number of carbonyl (C=O) groups is 1. The monoisotopic (exact) mass is 182 g/mol. The quantitative estimate of drug-likeness (QED) is 0.599. The fourth-order valence-electron chi connectivity index (χ4n) is 0.674. The molecule has 0 aromatic heterocycles. The van der Waals surface area contributed by atoms with Crippen molar-refractivity contribution in [3.63, 3.8) is 0 Å². The maximum atomic E-state index is 10.8. The lowest BCUT2D eigenvalue weighted by Gasteiger charge is -1.98. The van der Waals surface area contributed by atoms with Gasteiger partial charge in [0.1, 0.15) is 10.6 Å². The Hall–Kier alpha value is 0.250. The molecule has 3 heteroatoms. The Morgan fingerprint density at radius 2 is 2.00 bits per heavy atom. The van der Waals surface area contributed by atoms with E-state index >= 15 is 0 Å². The molecule has 0 saturated carbocycles. The minimum absolute atomic E-state index is 0.258. The molecule has 0 rings (SSSR count). The minimum atomic E-state index is -0.388. The average molecular weight is 183 g/mol. The summed E-state index contributed by atoms with van der Waals surface area (Å²) in [4.78, 5) is 10.4. The van der Waals surface area contributed by atoms with Crippen molar-refractivity contribution >= 4 is 29.0 Å². The summed E-state index contributed by atoms with van der Waals surface area (Å²) in [6, 6.07) is 0.